The smallest absolute Gasteiger partial charge is 0.304 e. The maximum Gasteiger partial charge on any atom is 0.304 e. The van der Waals surface area contributed by atoms with E-state index < -0.39 is 5.97 Å². The summed E-state index contributed by atoms with van der Waals surface area (Å²) >= 11 is 0. The van der Waals surface area contributed by atoms with E-state index in [0.29, 0.717) is 0 Å². The molecule has 1 aliphatic heterocycles. The summed E-state index contributed by atoms with van der Waals surface area (Å²) in [6.45, 7) is 9.38. The van der Waals surface area contributed by atoms with Gasteiger partial charge < -0.3 is 10.0 Å². The van der Waals surface area contributed by atoms with Gasteiger partial charge in [0.05, 0.1) is 6.42 Å². The molecule has 1 unspecified atom stereocenters. The van der Waals surface area contributed by atoms with Crippen molar-refractivity contribution in [3.8, 4) is 0 Å². The fourth-order valence-electron chi connectivity index (χ4n) is 2.50. The number of nitrogens with zero attached hydrogens (tertiary/aromatic N) is 2. The lowest BCUT2D eigenvalue weighted by Crippen LogP contribution is -2.51. The molecular formula is C12H24N2O2. The Morgan fingerprint density at radius 1 is 1.38 bits per heavy atom. The van der Waals surface area contributed by atoms with Gasteiger partial charge in [0, 0.05) is 24.7 Å². The Labute approximate surface area is 98.2 Å². The zero-order chi connectivity index (χ0) is 12.3. The lowest BCUT2D eigenvalue weighted by Gasteiger charge is -2.40. The van der Waals surface area contributed by atoms with Gasteiger partial charge in [0.25, 0.3) is 0 Å². The van der Waals surface area contributed by atoms with Crippen LogP contribution in [0.4, 0.5) is 0 Å². The fraction of sp³-hybridized carbons (Fsp3) is 0.917. The first kappa shape index (κ1) is 13.5. The summed E-state index contributed by atoms with van der Waals surface area (Å²) in [6.07, 6.45) is 1.35. The maximum absolute atomic E-state index is 10.9. The molecule has 4 heteroatoms. The minimum Gasteiger partial charge on any atom is -0.481 e. The molecule has 1 N–H and O–H groups in total. The minimum atomic E-state index is -0.699. The molecular weight excluding hydrogens is 204 g/mol. The van der Waals surface area contributed by atoms with E-state index in [1.807, 2.05) is 0 Å². The van der Waals surface area contributed by atoms with E-state index in [-0.39, 0.29) is 18.0 Å². The Bertz CT molecular complexity index is 248. The van der Waals surface area contributed by atoms with E-state index in [4.69, 9.17) is 5.11 Å². The highest BCUT2D eigenvalue weighted by Crippen LogP contribution is 2.22. The lowest BCUT2D eigenvalue weighted by molar-refractivity contribution is -0.139. The average Bonchev–Trinajstić information content (AvgIpc) is 2.24. The van der Waals surface area contributed by atoms with Gasteiger partial charge in [0.15, 0.2) is 0 Å². The molecule has 0 aromatic carbocycles. The van der Waals surface area contributed by atoms with Gasteiger partial charge in [-0.25, -0.2) is 0 Å². The number of hydrogen-bond acceptors (Lipinski definition) is 3. The third-order valence-electron chi connectivity index (χ3n) is 3.17. The van der Waals surface area contributed by atoms with Crippen LogP contribution in [0.5, 0.6) is 0 Å². The number of hydrogen-bond donors (Lipinski definition) is 1. The first-order chi connectivity index (χ1) is 7.30. The SMILES string of the molecule is CN1CCCN(C(C)(C)C)C(CC(=O)O)C1. The van der Waals surface area contributed by atoms with E-state index >= 15 is 0 Å². The van der Waals surface area contributed by atoms with E-state index in [2.05, 4.69) is 37.6 Å². The van der Waals surface area contributed by atoms with Crippen molar-refractivity contribution in [2.75, 3.05) is 26.7 Å². The Morgan fingerprint density at radius 3 is 2.50 bits per heavy atom. The molecule has 0 amide bonds. The van der Waals surface area contributed by atoms with Crippen LogP contribution in [0.1, 0.15) is 33.6 Å². The highest BCUT2D eigenvalue weighted by molar-refractivity contribution is 5.67. The van der Waals surface area contributed by atoms with Crippen molar-refractivity contribution in [1.82, 2.24) is 9.80 Å². The summed E-state index contributed by atoms with van der Waals surface area (Å²) in [5.41, 5.74) is 0.0469. The van der Waals surface area contributed by atoms with Gasteiger partial charge in [-0.3, -0.25) is 9.69 Å². The quantitative estimate of drug-likeness (QED) is 0.773. The summed E-state index contributed by atoms with van der Waals surface area (Å²) < 4.78 is 0. The second-order valence-electron chi connectivity index (χ2n) is 5.73. The third-order valence-corrected chi connectivity index (χ3v) is 3.17. The van der Waals surface area contributed by atoms with Crippen LogP contribution in [-0.2, 0) is 4.79 Å². The van der Waals surface area contributed by atoms with Crippen LogP contribution in [0.15, 0.2) is 0 Å². The molecule has 0 bridgehead atoms. The lowest BCUT2D eigenvalue weighted by atomic mass is 10.0. The predicted molar refractivity (Wildman–Crippen MR) is 64.6 cm³/mol. The molecule has 1 atom stereocenters. The van der Waals surface area contributed by atoms with Gasteiger partial charge in [0.2, 0.25) is 0 Å². The molecule has 0 spiro atoms. The highest BCUT2D eigenvalue weighted by atomic mass is 16.4. The van der Waals surface area contributed by atoms with Gasteiger partial charge in [-0.2, -0.15) is 0 Å². The van der Waals surface area contributed by atoms with Gasteiger partial charge in [0.1, 0.15) is 0 Å². The molecule has 0 saturated carbocycles. The summed E-state index contributed by atoms with van der Waals surface area (Å²) in [6, 6.07) is 0.130. The van der Waals surface area contributed by atoms with Gasteiger partial charge >= 0.3 is 5.97 Å². The molecule has 1 saturated heterocycles. The van der Waals surface area contributed by atoms with Crippen molar-refractivity contribution in [2.45, 2.75) is 45.2 Å². The summed E-state index contributed by atoms with van der Waals surface area (Å²) in [7, 11) is 2.07. The minimum absolute atomic E-state index is 0.0469. The molecule has 1 heterocycles. The molecule has 1 rings (SSSR count). The van der Waals surface area contributed by atoms with Crippen LogP contribution in [0, 0.1) is 0 Å². The van der Waals surface area contributed by atoms with Crippen molar-refractivity contribution in [1.29, 1.82) is 0 Å². The largest absolute Gasteiger partial charge is 0.481 e. The topological polar surface area (TPSA) is 43.8 Å². The molecule has 94 valence electrons. The number of carboxylic acid groups (broad SMARTS) is 1. The highest BCUT2D eigenvalue weighted by Gasteiger charge is 2.32. The van der Waals surface area contributed by atoms with Gasteiger partial charge in [-0.15, -0.1) is 0 Å². The van der Waals surface area contributed by atoms with E-state index in [1.165, 1.54) is 0 Å². The number of likely N-dealkylation sites (N-methyl/N-ethyl adjacent to an activating group) is 1. The van der Waals surface area contributed by atoms with Crippen molar-refractivity contribution in [2.24, 2.45) is 0 Å². The number of aliphatic carboxylic acids is 1. The van der Waals surface area contributed by atoms with Crippen LogP contribution in [-0.4, -0.2) is 59.1 Å². The van der Waals surface area contributed by atoms with Crippen LogP contribution in [0.3, 0.4) is 0 Å². The zero-order valence-corrected chi connectivity index (χ0v) is 10.9. The van der Waals surface area contributed by atoms with Crippen molar-refractivity contribution in [3.05, 3.63) is 0 Å². The Balaban J connectivity index is 2.79. The molecule has 16 heavy (non-hydrogen) atoms. The molecule has 4 nitrogen and oxygen atoms in total. The Morgan fingerprint density at radius 2 is 2.00 bits per heavy atom. The van der Waals surface area contributed by atoms with E-state index in [1.54, 1.807) is 0 Å². The molecule has 0 aromatic heterocycles. The first-order valence-electron chi connectivity index (χ1n) is 5.98. The summed E-state index contributed by atoms with van der Waals surface area (Å²) in [5.74, 6) is -0.699. The van der Waals surface area contributed by atoms with Crippen molar-refractivity contribution >= 4 is 5.97 Å². The first-order valence-corrected chi connectivity index (χ1v) is 5.98. The molecule has 0 aliphatic carbocycles. The van der Waals surface area contributed by atoms with Crippen LogP contribution >= 0.6 is 0 Å². The molecule has 1 aliphatic rings. The standard InChI is InChI=1S/C12H24N2O2/c1-12(2,3)14-7-5-6-13(4)9-10(14)8-11(15)16/h10H,5-9H2,1-4H3,(H,15,16). The Hall–Kier alpha value is -0.610. The van der Waals surface area contributed by atoms with Crippen LogP contribution in [0.25, 0.3) is 0 Å². The number of carboxylic acids is 1. The number of rotatable bonds is 2. The number of carbonyl (C=O) groups is 1. The Kier molecular flexibility index (Phi) is 4.33. The van der Waals surface area contributed by atoms with Crippen LogP contribution in [0.2, 0.25) is 0 Å². The normalized spacial score (nSPS) is 25.4. The van der Waals surface area contributed by atoms with E-state index in [0.717, 1.165) is 26.1 Å². The molecule has 1 fully saturated rings. The van der Waals surface area contributed by atoms with Crippen molar-refractivity contribution < 1.29 is 9.90 Å². The zero-order valence-electron chi connectivity index (χ0n) is 10.9. The second-order valence-corrected chi connectivity index (χ2v) is 5.73. The van der Waals surface area contributed by atoms with Gasteiger partial charge in [-0.1, -0.05) is 0 Å². The monoisotopic (exact) mass is 228 g/mol. The predicted octanol–water partition coefficient (Wildman–Crippen LogP) is 1.27. The molecule has 0 aromatic rings. The summed E-state index contributed by atoms with van der Waals surface area (Å²) in [4.78, 5) is 15.5. The van der Waals surface area contributed by atoms with Gasteiger partial charge in [-0.05, 0) is 40.8 Å². The summed E-state index contributed by atoms with van der Waals surface area (Å²) in [5, 5.41) is 8.98. The molecule has 0 radical (unpaired) electrons. The third kappa shape index (κ3) is 3.76. The second kappa shape index (κ2) is 5.15. The fourth-order valence-corrected chi connectivity index (χ4v) is 2.50. The maximum atomic E-state index is 10.9. The average molecular weight is 228 g/mol. The van der Waals surface area contributed by atoms with E-state index in [9.17, 15) is 4.79 Å². The van der Waals surface area contributed by atoms with Crippen LogP contribution < -0.4 is 0 Å². The van der Waals surface area contributed by atoms with Crippen molar-refractivity contribution in [3.63, 3.8) is 0 Å².